The van der Waals surface area contributed by atoms with Gasteiger partial charge >= 0.3 is 17.9 Å². The molecule has 0 N–H and O–H groups in total. The molecule has 0 spiro atoms. The fraction of sp³-hybridized carbons (Fsp3) is 0.258. The molecule has 196 valence electrons. The lowest BCUT2D eigenvalue weighted by molar-refractivity contribution is -0.137. The van der Waals surface area contributed by atoms with Gasteiger partial charge in [-0.25, -0.2) is 14.4 Å². The SMILES string of the molecule is C=CC(=O)OCCCCOc1ccc(C(=O)Oc2ccc(C(=O)Oc3ccc(C4CC4)cc3)cc2C)cc1. The van der Waals surface area contributed by atoms with Crippen molar-refractivity contribution in [2.24, 2.45) is 0 Å². The van der Waals surface area contributed by atoms with E-state index in [1.807, 2.05) is 24.3 Å². The number of benzene rings is 3. The first kappa shape index (κ1) is 26.7. The van der Waals surface area contributed by atoms with Gasteiger partial charge in [0.05, 0.1) is 24.3 Å². The summed E-state index contributed by atoms with van der Waals surface area (Å²) in [6.45, 7) is 5.87. The Morgan fingerprint density at radius 1 is 0.816 bits per heavy atom. The number of carbonyl (C=O) groups excluding carboxylic acids is 3. The molecule has 0 aromatic heterocycles. The Kier molecular flexibility index (Phi) is 8.93. The Morgan fingerprint density at radius 3 is 2.11 bits per heavy atom. The molecule has 0 radical (unpaired) electrons. The van der Waals surface area contributed by atoms with E-state index in [1.54, 1.807) is 49.4 Å². The molecule has 7 heteroatoms. The zero-order valence-corrected chi connectivity index (χ0v) is 21.3. The molecule has 3 aromatic rings. The van der Waals surface area contributed by atoms with Crippen molar-refractivity contribution >= 4 is 17.9 Å². The Morgan fingerprint density at radius 2 is 1.45 bits per heavy atom. The van der Waals surface area contributed by atoms with E-state index in [2.05, 4.69) is 6.58 Å². The molecule has 1 fully saturated rings. The van der Waals surface area contributed by atoms with E-state index in [9.17, 15) is 14.4 Å². The average molecular weight is 515 g/mol. The third kappa shape index (κ3) is 7.56. The van der Waals surface area contributed by atoms with Crippen LogP contribution in [-0.4, -0.2) is 31.1 Å². The highest BCUT2D eigenvalue weighted by atomic mass is 16.5. The van der Waals surface area contributed by atoms with Crippen LogP contribution in [0.1, 0.15) is 63.4 Å². The van der Waals surface area contributed by atoms with Crippen molar-refractivity contribution in [1.29, 1.82) is 0 Å². The Bertz CT molecular complexity index is 1290. The second kappa shape index (κ2) is 12.7. The monoisotopic (exact) mass is 514 g/mol. The molecule has 0 atom stereocenters. The summed E-state index contributed by atoms with van der Waals surface area (Å²) in [5.41, 5.74) is 2.64. The largest absolute Gasteiger partial charge is 0.494 e. The summed E-state index contributed by atoms with van der Waals surface area (Å²) in [7, 11) is 0. The molecular formula is C31H30O7. The van der Waals surface area contributed by atoms with E-state index in [4.69, 9.17) is 18.9 Å². The van der Waals surface area contributed by atoms with Gasteiger partial charge < -0.3 is 18.9 Å². The summed E-state index contributed by atoms with van der Waals surface area (Å²) >= 11 is 0. The Hall–Kier alpha value is -4.39. The molecule has 1 saturated carbocycles. The quantitative estimate of drug-likeness (QED) is 0.123. The van der Waals surface area contributed by atoms with Gasteiger partial charge in [0.1, 0.15) is 17.2 Å². The summed E-state index contributed by atoms with van der Waals surface area (Å²) in [4.78, 5) is 36.2. The van der Waals surface area contributed by atoms with Crippen molar-refractivity contribution in [2.75, 3.05) is 13.2 Å². The topological polar surface area (TPSA) is 88.1 Å². The normalized spacial score (nSPS) is 12.3. The summed E-state index contributed by atoms with van der Waals surface area (Å²) in [6, 6.07) is 19.1. The first-order chi connectivity index (χ1) is 18.4. The van der Waals surface area contributed by atoms with Crippen molar-refractivity contribution in [1.82, 2.24) is 0 Å². The van der Waals surface area contributed by atoms with Gasteiger partial charge in [-0.3, -0.25) is 0 Å². The van der Waals surface area contributed by atoms with Crippen LogP contribution in [0, 0.1) is 6.92 Å². The number of hydrogen-bond donors (Lipinski definition) is 0. The van der Waals surface area contributed by atoms with Crippen molar-refractivity contribution in [3.63, 3.8) is 0 Å². The van der Waals surface area contributed by atoms with Gasteiger partial charge in [-0.05, 0) is 104 Å². The third-order valence-corrected chi connectivity index (χ3v) is 6.06. The van der Waals surface area contributed by atoms with Crippen LogP contribution in [0.2, 0.25) is 0 Å². The molecule has 38 heavy (non-hydrogen) atoms. The maximum Gasteiger partial charge on any atom is 0.343 e. The molecule has 0 heterocycles. The lowest BCUT2D eigenvalue weighted by atomic mass is 10.1. The van der Waals surface area contributed by atoms with Crippen LogP contribution < -0.4 is 14.2 Å². The van der Waals surface area contributed by atoms with Crippen LogP contribution in [0.4, 0.5) is 0 Å². The summed E-state index contributed by atoms with van der Waals surface area (Å²) in [5.74, 6) is 0.681. The van der Waals surface area contributed by atoms with E-state index in [1.165, 1.54) is 18.4 Å². The molecule has 4 rings (SSSR count). The molecule has 0 bridgehead atoms. The second-order valence-corrected chi connectivity index (χ2v) is 9.05. The average Bonchev–Trinajstić information content (AvgIpc) is 3.78. The highest BCUT2D eigenvalue weighted by molar-refractivity contribution is 5.93. The summed E-state index contributed by atoms with van der Waals surface area (Å²) < 4.78 is 21.6. The lowest BCUT2D eigenvalue weighted by Gasteiger charge is -2.10. The number of unbranched alkanes of at least 4 members (excludes halogenated alkanes) is 1. The molecule has 0 saturated heterocycles. The number of rotatable bonds is 12. The fourth-order valence-electron chi connectivity index (χ4n) is 3.75. The highest BCUT2D eigenvalue weighted by Gasteiger charge is 2.23. The number of carbonyl (C=O) groups is 3. The van der Waals surface area contributed by atoms with Gasteiger partial charge in [0.25, 0.3) is 0 Å². The van der Waals surface area contributed by atoms with Crippen LogP contribution in [-0.2, 0) is 9.53 Å². The number of esters is 3. The van der Waals surface area contributed by atoms with Crippen LogP contribution in [0.5, 0.6) is 17.2 Å². The first-order valence-electron chi connectivity index (χ1n) is 12.6. The van der Waals surface area contributed by atoms with Crippen LogP contribution >= 0.6 is 0 Å². The van der Waals surface area contributed by atoms with Crippen LogP contribution in [0.25, 0.3) is 0 Å². The Balaban J connectivity index is 1.25. The Labute approximate surface area is 222 Å². The van der Waals surface area contributed by atoms with Crippen LogP contribution in [0.15, 0.2) is 79.4 Å². The van der Waals surface area contributed by atoms with E-state index in [-0.39, 0.29) is 0 Å². The van der Waals surface area contributed by atoms with E-state index in [0.717, 1.165) is 6.08 Å². The predicted molar refractivity (Wildman–Crippen MR) is 142 cm³/mol. The van der Waals surface area contributed by atoms with E-state index in [0.29, 0.717) is 65.9 Å². The van der Waals surface area contributed by atoms with Gasteiger partial charge in [0, 0.05) is 6.08 Å². The van der Waals surface area contributed by atoms with Crippen molar-refractivity contribution in [3.8, 4) is 17.2 Å². The molecule has 0 unspecified atom stereocenters. The van der Waals surface area contributed by atoms with Gasteiger partial charge in [0.2, 0.25) is 0 Å². The second-order valence-electron chi connectivity index (χ2n) is 9.05. The smallest absolute Gasteiger partial charge is 0.343 e. The maximum absolute atomic E-state index is 12.6. The van der Waals surface area contributed by atoms with Gasteiger partial charge in [-0.1, -0.05) is 18.7 Å². The van der Waals surface area contributed by atoms with Crippen molar-refractivity contribution in [2.45, 2.75) is 38.5 Å². The number of hydrogen-bond acceptors (Lipinski definition) is 7. The highest BCUT2D eigenvalue weighted by Crippen LogP contribution is 2.40. The minimum Gasteiger partial charge on any atom is -0.494 e. The molecule has 0 amide bonds. The molecule has 1 aliphatic carbocycles. The third-order valence-electron chi connectivity index (χ3n) is 6.06. The van der Waals surface area contributed by atoms with Crippen molar-refractivity contribution in [3.05, 3.63) is 102 Å². The zero-order valence-electron chi connectivity index (χ0n) is 21.3. The predicted octanol–water partition coefficient (Wildman–Crippen LogP) is 6.20. The van der Waals surface area contributed by atoms with Gasteiger partial charge in [-0.2, -0.15) is 0 Å². The number of aryl methyl sites for hydroxylation is 1. The molecule has 1 aliphatic rings. The fourth-order valence-corrected chi connectivity index (χ4v) is 3.75. The van der Waals surface area contributed by atoms with Crippen LogP contribution in [0.3, 0.4) is 0 Å². The zero-order chi connectivity index (χ0) is 26.9. The molecule has 7 nitrogen and oxygen atoms in total. The first-order valence-corrected chi connectivity index (χ1v) is 12.6. The van der Waals surface area contributed by atoms with Gasteiger partial charge in [0.15, 0.2) is 0 Å². The minimum absolute atomic E-state index is 0.314. The standard InChI is InChI=1S/C31H30O7/c1-3-29(32)36-19-5-4-18-35-26-13-10-24(11-14-26)30(33)38-28-17-12-25(20-21(28)2)31(34)37-27-15-8-23(9-16-27)22-6-7-22/h3,8-17,20,22H,1,4-7,18-19H2,2H3. The van der Waals surface area contributed by atoms with Gasteiger partial charge in [-0.15, -0.1) is 0 Å². The molecular weight excluding hydrogens is 484 g/mol. The minimum atomic E-state index is -0.519. The number of ether oxygens (including phenoxy) is 4. The lowest BCUT2D eigenvalue weighted by Crippen LogP contribution is -2.11. The molecule has 3 aromatic carbocycles. The summed E-state index contributed by atoms with van der Waals surface area (Å²) in [5, 5.41) is 0. The molecule has 0 aliphatic heterocycles. The van der Waals surface area contributed by atoms with E-state index < -0.39 is 17.9 Å². The van der Waals surface area contributed by atoms with E-state index >= 15 is 0 Å². The van der Waals surface area contributed by atoms with Crippen molar-refractivity contribution < 1.29 is 33.3 Å². The summed E-state index contributed by atoms with van der Waals surface area (Å²) in [6.07, 6.45) is 4.95. The maximum atomic E-state index is 12.6.